The van der Waals surface area contributed by atoms with Crippen molar-refractivity contribution in [3.8, 4) is 22.5 Å². The summed E-state index contributed by atoms with van der Waals surface area (Å²) in [5.74, 6) is 0.892. The van der Waals surface area contributed by atoms with Crippen LogP contribution >= 0.6 is 46.4 Å². The number of ether oxygens (including phenoxy) is 2. The molecule has 0 unspecified atom stereocenters. The molecule has 8 N–H and O–H groups in total. The topological polar surface area (TPSA) is 330 Å². The molecule has 0 saturated heterocycles. The maximum atomic E-state index is 10.8. The quantitative estimate of drug-likeness (QED) is 0.0199. The Morgan fingerprint density at radius 1 is 0.766 bits per heavy atom. The molecule has 0 aliphatic heterocycles. The maximum absolute atomic E-state index is 10.8. The number of hydrogen-bond donors (Lipinski definition) is 4. The number of halogens is 4. The zero-order chi connectivity index (χ0) is 47.4. The molecule has 64 heavy (non-hydrogen) atoms. The first-order valence-electron chi connectivity index (χ1n) is 18.7. The van der Waals surface area contributed by atoms with Gasteiger partial charge in [-0.1, -0.05) is 77.6 Å². The van der Waals surface area contributed by atoms with Gasteiger partial charge in [0.1, 0.15) is 11.4 Å². The fourth-order valence-corrected chi connectivity index (χ4v) is 5.79. The smallest absolute Gasteiger partial charge is 0.662 e. The second kappa shape index (κ2) is 33.8. The molecule has 0 saturated carbocycles. The molecule has 0 spiro atoms. The second-order valence-electron chi connectivity index (χ2n) is 12.7. The SMILES string of the molecule is CCCC(N)=O.CN(CCOCCCc1nnc(-c2cccc(Cl)c2Cl)c(N)n1)CC(N)=O.CS(=O)(=O)OCCOCCCc1nnc(-c2cccc(Cl)c2Cl)c(N)n1.O=CO[O-].[Na+]. The number of likely N-dealkylation sites (N-methyl/N-ethyl adjacent to an activating group) is 1. The minimum Gasteiger partial charge on any atom is -0.662 e. The van der Waals surface area contributed by atoms with Crippen LogP contribution in [0.1, 0.15) is 44.3 Å². The summed E-state index contributed by atoms with van der Waals surface area (Å²) in [5, 5.41) is 26.3. The van der Waals surface area contributed by atoms with Crippen molar-refractivity contribution < 1.29 is 76.2 Å². The number of aryl methyl sites for hydroxylation is 2. The number of hydrogen-bond acceptors (Lipinski definition) is 19. The molecular weight excluding hydrogens is 955 g/mol. The third kappa shape index (κ3) is 25.8. The Morgan fingerprint density at radius 2 is 1.22 bits per heavy atom. The largest absolute Gasteiger partial charge is 1.00 e. The Hall–Kier alpha value is -3.62. The van der Waals surface area contributed by atoms with Crippen LogP contribution in [0, 0.1) is 0 Å². The van der Waals surface area contributed by atoms with Crippen LogP contribution < -0.4 is 57.7 Å². The number of nitrogen functional groups attached to an aromatic ring is 2. The summed E-state index contributed by atoms with van der Waals surface area (Å²) in [6.07, 6.45) is 4.79. The van der Waals surface area contributed by atoms with Crippen LogP contribution in [0.3, 0.4) is 0 Å². The zero-order valence-electron chi connectivity index (χ0n) is 35.7. The van der Waals surface area contributed by atoms with Crippen molar-refractivity contribution in [1.82, 2.24) is 35.3 Å². The molecule has 27 heteroatoms. The van der Waals surface area contributed by atoms with E-state index in [1.807, 2.05) is 14.0 Å². The van der Waals surface area contributed by atoms with Crippen LogP contribution in [0.2, 0.25) is 20.1 Å². The Labute approximate surface area is 413 Å². The van der Waals surface area contributed by atoms with Crippen molar-refractivity contribution in [3.05, 3.63) is 68.1 Å². The van der Waals surface area contributed by atoms with Crippen LogP contribution in [0.25, 0.3) is 22.5 Å². The van der Waals surface area contributed by atoms with Gasteiger partial charge in [-0.2, -0.15) is 8.42 Å². The van der Waals surface area contributed by atoms with Crippen LogP contribution in [0.4, 0.5) is 11.6 Å². The number of nitrogens with two attached hydrogens (primary N) is 4. The van der Waals surface area contributed by atoms with Gasteiger partial charge in [-0.3, -0.25) is 23.5 Å². The van der Waals surface area contributed by atoms with Gasteiger partial charge in [0.15, 0.2) is 23.3 Å². The van der Waals surface area contributed by atoms with Gasteiger partial charge < -0.3 is 42.6 Å². The first-order chi connectivity index (χ1) is 29.8. The van der Waals surface area contributed by atoms with Gasteiger partial charge in [0.25, 0.3) is 16.6 Å². The van der Waals surface area contributed by atoms with E-state index in [0.717, 1.165) is 19.1 Å². The van der Waals surface area contributed by atoms with Crippen molar-refractivity contribution in [2.24, 2.45) is 11.5 Å². The average molecular weight is 1010 g/mol. The summed E-state index contributed by atoms with van der Waals surface area (Å²) >= 11 is 24.4. The number of anilines is 2. The summed E-state index contributed by atoms with van der Waals surface area (Å²) < 4.78 is 36.9. The van der Waals surface area contributed by atoms with Gasteiger partial charge in [-0.05, 0) is 38.4 Å². The Morgan fingerprint density at radius 3 is 1.58 bits per heavy atom. The number of rotatable bonds is 22. The molecule has 0 atom stereocenters. The van der Waals surface area contributed by atoms with E-state index in [1.54, 1.807) is 41.3 Å². The first kappa shape index (κ1) is 60.4. The number of nitrogens with zero attached hydrogens (tertiary/aromatic N) is 7. The van der Waals surface area contributed by atoms with Crippen LogP contribution in [0.15, 0.2) is 36.4 Å². The molecule has 2 aromatic heterocycles. The summed E-state index contributed by atoms with van der Waals surface area (Å²) in [6, 6.07) is 10.4. The molecule has 0 fully saturated rings. The maximum Gasteiger partial charge on any atom is 1.00 e. The molecule has 21 nitrogen and oxygen atoms in total. The summed E-state index contributed by atoms with van der Waals surface area (Å²) in [5.41, 5.74) is 23.8. The summed E-state index contributed by atoms with van der Waals surface area (Å²) in [6.45, 7) is 4.20. The fraction of sp³-hybridized carbons (Fsp3) is 0.432. The third-order valence-electron chi connectivity index (χ3n) is 7.41. The molecule has 348 valence electrons. The number of primary amides is 2. The van der Waals surface area contributed by atoms with Gasteiger partial charge in [-0.15, -0.1) is 20.4 Å². The van der Waals surface area contributed by atoms with E-state index >= 15 is 0 Å². The van der Waals surface area contributed by atoms with E-state index in [9.17, 15) is 18.0 Å². The Bertz CT molecular complexity index is 2160. The number of aromatic nitrogens is 6. The number of amides is 2. The van der Waals surface area contributed by atoms with Crippen molar-refractivity contribution in [1.29, 1.82) is 0 Å². The molecule has 2 heterocycles. The minimum absolute atomic E-state index is 0. The molecule has 0 bridgehead atoms. The van der Waals surface area contributed by atoms with Crippen molar-refractivity contribution >= 4 is 86.4 Å². The molecule has 0 radical (unpaired) electrons. The summed E-state index contributed by atoms with van der Waals surface area (Å²) in [7, 11) is -1.63. The van der Waals surface area contributed by atoms with E-state index in [0.29, 0.717) is 106 Å². The van der Waals surface area contributed by atoms with E-state index in [1.165, 1.54) is 0 Å². The molecule has 0 aliphatic rings. The predicted octanol–water partition coefficient (Wildman–Crippen LogP) is -0.143. The molecule has 2 aromatic carbocycles. The fourth-order valence-electron chi connectivity index (χ4n) is 4.64. The second-order valence-corrected chi connectivity index (χ2v) is 15.9. The van der Waals surface area contributed by atoms with E-state index < -0.39 is 10.1 Å². The number of carbonyl (C=O) groups is 3. The molecule has 0 aliphatic carbocycles. The first-order valence-corrected chi connectivity index (χ1v) is 22.0. The Kier molecular flexibility index (Phi) is 31.9. The average Bonchev–Trinajstić information content (AvgIpc) is 3.21. The van der Waals surface area contributed by atoms with E-state index in [-0.39, 0.29) is 79.2 Å². The number of benzene rings is 2. The zero-order valence-corrected chi connectivity index (χ0v) is 41.5. The standard InChI is InChI=1S/C17H22Cl2N6O2.C15H18Cl2N4O4S.C4H9NO.CH2O3.Na/c1-25(10-13(20)26)7-9-27-8-3-6-14-22-17(21)16(24-23-14)11-4-2-5-12(18)15(11)19;1-26(22,23)25-9-8-24-7-3-6-12-19-15(18)14(21-20-12)10-4-2-5-11(16)13(10)17;1-2-3-4(5)6;2-1-4-3;/h2,4-5H,3,6-10H2,1H3,(H2,20,26)(H2,21,22,23);2,4-5H,3,6-9H2,1H3,(H2,18,19,20);2-3H2,1H3,(H2,5,6);1,3H;/q;;;;+1/p-1. The molecule has 4 rings (SSSR count). The van der Waals surface area contributed by atoms with Crippen LogP contribution in [0.5, 0.6) is 0 Å². The van der Waals surface area contributed by atoms with Gasteiger partial charge >= 0.3 is 29.6 Å². The van der Waals surface area contributed by atoms with Gasteiger partial charge in [0.05, 0.1) is 52.7 Å². The summed E-state index contributed by atoms with van der Waals surface area (Å²) in [4.78, 5) is 42.2. The monoisotopic (exact) mass is 1000 g/mol. The van der Waals surface area contributed by atoms with E-state index in [2.05, 4.69) is 39.4 Å². The van der Waals surface area contributed by atoms with Crippen LogP contribution in [-0.2, 0) is 55.9 Å². The van der Waals surface area contributed by atoms with Gasteiger partial charge in [0, 0.05) is 50.1 Å². The van der Waals surface area contributed by atoms with E-state index in [4.69, 9.17) is 88.9 Å². The number of carbonyl (C=O) groups excluding carboxylic acids is 3. The minimum atomic E-state index is -3.44. The normalized spacial score (nSPS) is 10.5. The molecule has 2 amide bonds. The van der Waals surface area contributed by atoms with Crippen molar-refractivity contribution in [2.75, 3.05) is 70.9 Å². The molecule has 4 aromatic rings. The Balaban J connectivity index is 0.00000101. The van der Waals surface area contributed by atoms with Crippen molar-refractivity contribution in [2.45, 2.75) is 45.4 Å². The van der Waals surface area contributed by atoms with Crippen LogP contribution in [-0.4, -0.2) is 121 Å². The predicted molar refractivity (Wildman–Crippen MR) is 236 cm³/mol. The molecular formula is C37H50Cl4N11NaO10S. The van der Waals surface area contributed by atoms with Crippen molar-refractivity contribution in [3.63, 3.8) is 0 Å². The van der Waals surface area contributed by atoms with Gasteiger partial charge in [0.2, 0.25) is 11.8 Å². The van der Waals surface area contributed by atoms with Gasteiger partial charge in [-0.25, -0.2) is 9.97 Å². The third-order valence-corrected chi connectivity index (χ3v) is 9.64.